The largest absolute Gasteiger partial charge is 0.443 e. The number of imide groups is 1. The third-order valence-corrected chi connectivity index (χ3v) is 7.37. The van der Waals surface area contributed by atoms with Gasteiger partial charge in [-0.1, -0.05) is 26.0 Å². The van der Waals surface area contributed by atoms with Crippen molar-refractivity contribution in [2.75, 3.05) is 13.8 Å². The SMILES string of the molecule is CN[C@H](C(=O)OCN1C(=O)CCC(N2Cc3cc(CNC(=O)C(F)(F)c4ccc(F)cc4)ccc3C2=O)C1=O)C(C)C. The molecule has 2 aromatic carbocycles. The monoisotopic (exact) mass is 588 g/mol. The molecule has 1 saturated heterocycles. The van der Waals surface area contributed by atoms with Gasteiger partial charge in [0.25, 0.3) is 17.7 Å². The van der Waals surface area contributed by atoms with Gasteiger partial charge < -0.3 is 20.3 Å². The van der Waals surface area contributed by atoms with E-state index in [9.17, 15) is 37.1 Å². The lowest BCUT2D eigenvalue weighted by Crippen LogP contribution is -2.55. The Kier molecular flexibility index (Phi) is 9.00. The summed E-state index contributed by atoms with van der Waals surface area (Å²) in [6, 6.07) is 6.31. The molecular weight excluding hydrogens is 557 g/mol. The van der Waals surface area contributed by atoms with Crippen molar-refractivity contribution in [3.05, 3.63) is 70.5 Å². The number of nitrogens with zero attached hydrogens (tertiary/aromatic N) is 2. The van der Waals surface area contributed by atoms with Crippen LogP contribution in [0.4, 0.5) is 13.2 Å². The molecule has 0 aromatic heterocycles. The molecule has 0 aliphatic carbocycles. The predicted octanol–water partition coefficient (Wildman–Crippen LogP) is 2.45. The van der Waals surface area contributed by atoms with Crippen LogP contribution in [-0.2, 0) is 42.9 Å². The van der Waals surface area contributed by atoms with Gasteiger partial charge in [0.1, 0.15) is 17.9 Å². The number of hydrogen-bond donors (Lipinski definition) is 2. The highest BCUT2D eigenvalue weighted by atomic mass is 19.3. The van der Waals surface area contributed by atoms with Crippen LogP contribution in [0.25, 0.3) is 0 Å². The number of rotatable bonds is 10. The first-order valence-electron chi connectivity index (χ1n) is 13.4. The minimum atomic E-state index is -3.89. The molecule has 2 aromatic rings. The zero-order valence-electron chi connectivity index (χ0n) is 23.3. The van der Waals surface area contributed by atoms with Crippen molar-refractivity contribution in [1.29, 1.82) is 0 Å². The summed E-state index contributed by atoms with van der Waals surface area (Å²) in [4.78, 5) is 65.7. The van der Waals surface area contributed by atoms with Gasteiger partial charge in [-0.2, -0.15) is 8.78 Å². The van der Waals surface area contributed by atoms with Gasteiger partial charge in [0, 0.05) is 30.6 Å². The van der Waals surface area contributed by atoms with Crippen molar-refractivity contribution >= 4 is 29.6 Å². The fourth-order valence-electron chi connectivity index (χ4n) is 5.03. The maximum Gasteiger partial charge on any atom is 0.349 e. The number of halogens is 3. The number of piperidine rings is 1. The van der Waals surface area contributed by atoms with Crippen LogP contribution in [0.5, 0.6) is 0 Å². The van der Waals surface area contributed by atoms with Crippen molar-refractivity contribution in [2.45, 2.75) is 57.8 Å². The minimum absolute atomic E-state index is 0.0229. The van der Waals surface area contributed by atoms with Gasteiger partial charge in [-0.15, -0.1) is 0 Å². The Labute approximate surface area is 240 Å². The van der Waals surface area contributed by atoms with Crippen molar-refractivity contribution in [2.24, 2.45) is 5.92 Å². The molecule has 2 N–H and O–H groups in total. The molecule has 4 rings (SSSR count). The van der Waals surface area contributed by atoms with Crippen molar-refractivity contribution in [3.63, 3.8) is 0 Å². The lowest BCUT2D eigenvalue weighted by atomic mass is 10.0. The number of ether oxygens (including phenoxy) is 1. The standard InChI is InChI=1S/C29H31F3N4O6/c1-16(2)24(33-3)27(40)42-15-36-23(37)11-10-22(26(36)39)35-14-18-12-17(4-9-21(18)25(35)38)13-34-28(41)29(31,32)19-5-7-20(30)8-6-19/h4-9,12,16,22,24,33H,10-11,13-15H2,1-3H3,(H,34,41)/t22?,24-/m0/s1. The molecule has 0 bridgehead atoms. The lowest BCUT2D eigenvalue weighted by molar-refractivity contribution is -0.165. The van der Waals surface area contributed by atoms with Gasteiger partial charge in [-0.25, -0.2) is 9.29 Å². The van der Waals surface area contributed by atoms with Crippen molar-refractivity contribution in [1.82, 2.24) is 20.4 Å². The number of carbonyl (C=O) groups excluding carboxylic acids is 5. The number of benzene rings is 2. The average Bonchev–Trinajstić information content (AvgIpc) is 3.27. The van der Waals surface area contributed by atoms with Gasteiger partial charge in [-0.3, -0.25) is 24.0 Å². The minimum Gasteiger partial charge on any atom is -0.443 e. The molecule has 0 spiro atoms. The Bertz CT molecular complexity index is 1400. The van der Waals surface area contributed by atoms with Gasteiger partial charge in [-0.05, 0) is 60.8 Å². The van der Waals surface area contributed by atoms with Crippen molar-refractivity contribution < 1.29 is 41.9 Å². The van der Waals surface area contributed by atoms with Crippen LogP contribution in [0, 0.1) is 11.7 Å². The van der Waals surface area contributed by atoms with Gasteiger partial charge in [0.05, 0.1) is 0 Å². The van der Waals surface area contributed by atoms with Crippen LogP contribution < -0.4 is 10.6 Å². The Hall–Kier alpha value is -4.26. The summed E-state index contributed by atoms with van der Waals surface area (Å²) in [5.41, 5.74) is 0.610. The zero-order chi connectivity index (χ0) is 30.8. The van der Waals surface area contributed by atoms with E-state index in [1.54, 1.807) is 13.1 Å². The zero-order valence-corrected chi connectivity index (χ0v) is 23.3. The first kappa shape index (κ1) is 30.7. The summed E-state index contributed by atoms with van der Waals surface area (Å²) in [6.07, 6.45) is 0.0572. The summed E-state index contributed by atoms with van der Waals surface area (Å²) in [5, 5.41) is 4.99. The van der Waals surface area contributed by atoms with Gasteiger partial charge >= 0.3 is 11.9 Å². The fourth-order valence-corrected chi connectivity index (χ4v) is 5.03. The highest BCUT2D eigenvalue weighted by molar-refractivity contribution is 6.05. The number of likely N-dealkylation sites (N-methyl/N-ethyl adjacent to an activating group) is 1. The molecule has 42 heavy (non-hydrogen) atoms. The third kappa shape index (κ3) is 6.15. The van der Waals surface area contributed by atoms with Crippen LogP contribution >= 0.6 is 0 Å². The van der Waals surface area contributed by atoms with E-state index in [0.29, 0.717) is 16.7 Å². The smallest absolute Gasteiger partial charge is 0.349 e. The molecule has 2 aliphatic rings. The normalized spacial score (nSPS) is 17.9. The summed E-state index contributed by atoms with van der Waals surface area (Å²) >= 11 is 0. The first-order valence-corrected chi connectivity index (χ1v) is 13.4. The highest BCUT2D eigenvalue weighted by Gasteiger charge is 2.44. The van der Waals surface area contributed by atoms with Crippen LogP contribution in [0.2, 0.25) is 0 Å². The second kappa shape index (κ2) is 12.3. The van der Waals surface area contributed by atoms with E-state index in [-0.39, 0.29) is 31.8 Å². The fraction of sp³-hybridized carbons (Fsp3) is 0.414. The van der Waals surface area contributed by atoms with E-state index in [2.05, 4.69) is 10.6 Å². The Balaban J connectivity index is 1.40. The molecule has 1 unspecified atom stereocenters. The number of amides is 4. The number of fused-ring (bicyclic) bond motifs is 1. The number of nitrogens with one attached hydrogen (secondary N) is 2. The molecule has 4 amide bonds. The number of alkyl halides is 2. The highest BCUT2D eigenvalue weighted by Crippen LogP contribution is 2.31. The van der Waals surface area contributed by atoms with Gasteiger partial charge in [0.2, 0.25) is 5.91 Å². The Morgan fingerprint density at radius 2 is 1.79 bits per heavy atom. The average molecular weight is 589 g/mol. The number of likely N-dealkylation sites (tertiary alicyclic amines) is 1. The maximum atomic E-state index is 14.5. The number of esters is 1. The van der Waals surface area contributed by atoms with Crippen molar-refractivity contribution in [3.8, 4) is 0 Å². The second-order valence-corrected chi connectivity index (χ2v) is 10.5. The van der Waals surface area contributed by atoms with E-state index < -0.39 is 65.7 Å². The summed E-state index contributed by atoms with van der Waals surface area (Å²) in [6.45, 7) is 2.81. The molecule has 2 atom stereocenters. The molecule has 0 radical (unpaired) electrons. The topological polar surface area (TPSA) is 125 Å². The second-order valence-electron chi connectivity index (χ2n) is 10.5. The van der Waals surface area contributed by atoms with Gasteiger partial charge in [0.15, 0.2) is 6.73 Å². The van der Waals surface area contributed by atoms with Crippen LogP contribution in [0.3, 0.4) is 0 Å². The molecule has 1 fully saturated rings. The van der Waals surface area contributed by atoms with E-state index in [0.717, 1.165) is 29.2 Å². The first-order chi connectivity index (χ1) is 19.8. The lowest BCUT2D eigenvalue weighted by Gasteiger charge is -2.35. The maximum absolute atomic E-state index is 14.5. The molecule has 0 saturated carbocycles. The quantitative estimate of drug-likeness (QED) is 0.323. The summed E-state index contributed by atoms with van der Waals surface area (Å²) in [7, 11) is 1.60. The van der Waals surface area contributed by atoms with E-state index in [1.165, 1.54) is 17.0 Å². The molecule has 10 nitrogen and oxygen atoms in total. The molecular formula is C29H31F3N4O6. The Morgan fingerprint density at radius 1 is 1.10 bits per heavy atom. The van der Waals surface area contributed by atoms with E-state index >= 15 is 0 Å². The van der Waals surface area contributed by atoms with E-state index in [1.807, 2.05) is 13.8 Å². The summed E-state index contributed by atoms with van der Waals surface area (Å²) < 4.78 is 47.4. The van der Waals surface area contributed by atoms with E-state index in [4.69, 9.17) is 4.74 Å². The van der Waals surface area contributed by atoms with Crippen LogP contribution in [-0.4, -0.2) is 65.3 Å². The molecule has 224 valence electrons. The molecule has 2 heterocycles. The third-order valence-electron chi connectivity index (χ3n) is 7.37. The number of hydrogen-bond acceptors (Lipinski definition) is 7. The van der Waals surface area contributed by atoms with Crippen LogP contribution in [0.1, 0.15) is 53.7 Å². The number of carbonyl (C=O) groups is 5. The predicted molar refractivity (Wildman–Crippen MR) is 142 cm³/mol. The molecule has 2 aliphatic heterocycles. The van der Waals surface area contributed by atoms with Crippen LogP contribution in [0.15, 0.2) is 42.5 Å². The summed E-state index contributed by atoms with van der Waals surface area (Å²) in [5.74, 6) is -8.50. The molecule has 13 heteroatoms. The Morgan fingerprint density at radius 3 is 2.43 bits per heavy atom.